The normalized spacial score (nSPS) is 19.9. The summed E-state index contributed by atoms with van der Waals surface area (Å²) in [5.74, 6) is -0.543. The van der Waals surface area contributed by atoms with Crippen molar-refractivity contribution in [2.75, 3.05) is 68.5 Å². The highest BCUT2D eigenvalue weighted by Gasteiger charge is 2.36. The molecule has 1 aliphatic carbocycles. The predicted octanol–water partition coefficient (Wildman–Crippen LogP) is 3.17. The van der Waals surface area contributed by atoms with E-state index in [1.165, 1.54) is 15.2 Å². The summed E-state index contributed by atoms with van der Waals surface area (Å²) in [6.45, 7) is 4.74. The molecule has 7 heterocycles. The summed E-state index contributed by atoms with van der Waals surface area (Å²) in [5.41, 5.74) is 3.22. The van der Waals surface area contributed by atoms with E-state index in [0.717, 1.165) is 74.3 Å². The van der Waals surface area contributed by atoms with Crippen molar-refractivity contribution in [2.24, 2.45) is 7.05 Å². The number of amides is 3. The molecule has 0 radical (unpaired) electrons. The molecule has 56 heavy (non-hydrogen) atoms. The Labute approximate surface area is 321 Å². The number of rotatable bonds is 8. The van der Waals surface area contributed by atoms with Gasteiger partial charge in [0.15, 0.2) is 0 Å². The van der Waals surface area contributed by atoms with Gasteiger partial charge in [-0.1, -0.05) is 12.8 Å². The van der Waals surface area contributed by atoms with Crippen molar-refractivity contribution in [3.8, 4) is 0 Å². The highest BCUT2D eigenvalue weighted by molar-refractivity contribution is 6.01. The first-order valence-corrected chi connectivity index (χ1v) is 19.4. The van der Waals surface area contributed by atoms with E-state index in [-0.39, 0.29) is 30.3 Å². The summed E-state index contributed by atoms with van der Waals surface area (Å²) in [5, 5.41) is 6.38. The molecule has 292 valence electrons. The molecule has 0 spiro atoms. The number of imide groups is 1. The second-order valence-corrected chi connectivity index (χ2v) is 15.6. The topological polar surface area (TPSA) is 159 Å². The average molecular weight is 765 g/mol. The molecular weight excluding hydrogens is 720 g/mol. The third kappa shape index (κ3) is 6.13. The number of aryl methyl sites for hydroxylation is 1. The lowest BCUT2D eigenvalue weighted by Crippen LogP contribution is -2.63. The van der Waals surface area contributed by atoms with Crippen molar-refractivity contribution in [2.45, 2.75) is 56.7 Å². The molecule has 9 rings (SSSR count). The van der Waals surface area contributed by atoms with Crippen molar-refractivity contribution in [1.29, 1.82) is 0 Å². The number of piperidine rings is 1. The lowest BCUT2D eigenvalue weighted by atomic mass is 10.0. The van der Waals surface area contributed by atoms with Gasteiger partial charge >= 0.3 is 5.69 Å². The number of nitrogens with zero attached hydrogens (tertiary/aromatic N) is 10. The number of anilines is 4. The number of piperazine rings is 1. The molecule has 3 saturated heterocycles. The summed E-state index contributed by atoms with van der Waals surface area (Å²) in [6, 6.07) is 8.60. The Balaban J connectivity index is 0.835. The third-order valence-corrected chi connectivity index (χ3v) is 11.9. The molecule has 1 saturated carbocycles. The Morgan fingerprint density at radius 2 is 1.66 bits per heavy atom. The molecule has 1 atom stereocenters. The smallest absolute Gasteiger partial charge is 0.329 e. The minimum Gasteiger partial charge on any atom is -0.367 e. The number of benzene rings is 1. The molecule has 5 aromatic rings. The van der Waals surface area contributed by atoms with Crippen LogP contribution in [0.15, 0.2) is 47.5 Å². The van der Waals surface area contributed by atoms with Gasteiger partial charge in [0.05, 0.1) is 23.1 Å². The van der Waals surface area contributed by atoms with E-state index >= 15 is 4.39 Å². The third-order valence-electron chi connectivity index (χ3n) is 11.9. The Hall–Kier alpha value is -5.84. The highest BCUT2D eigenvalue weighted by Crippen LogP contribution is 2.36. The molecule has 17 heteroatoms. The molecule has 3 aliphatic heterocycles. The van der Waals surface area contributed by atoms with E-state index in [4.69, 9.17) is 4.98 Å². The second-order valence-electron chi connectivity index (χ2n) is 15.6. The standard InChI is InChI=1S/C39H45FN12O4/c1-46(2)37(55)30-18-23-19-42-38(45-35(23)51(30)24-6-4-5-7-24)43-31-12-8-25(20-41-31)50-21-26(22-50)48-14-16-49(17-15-48)28-10-9-27(40)33-34(28)47(3)39(56)52(33)29-11-13-32(53)44-36(29)54/h8-10,12,18-20,24,26,29H,4-7,11,13-17,21-22H2,1-3H3,(H,44,53,54)(H,41,42,43,45)/t29-/m0/s1. The number of hydrogen-bond acceptors (Lipinski definition) is 11. The number of carbonyl (C=O) groups is 3. The van der Waals surface area contributed by atoms with Gasteiger partial charge in [-0.2, -0.15) is 4.98 Å². The number of pyridine rings is 1. The van der Waals surface area contributed by atoms with Crippen LogP contribution < -0.4 is 26.1 Å². The van der Waals surface area contributed by atoms with E-state index in [1.54, 1.807) is 38.3 Å². The van der Waals surface area contributed by atoms with Crippen LogP contribution in [-0.4, -0.2) is 116 Å². The molecule has 3 amide bonds. The number of imidazole rings is 1. The highest BCUT2D eigenvalue weighted by atomic mass is 19.1. The lowest BCUT2D eigenvalue weighted by molar-refractivity contribution is -0.135. The number of hydrogen-bond donors (Lipinski definition) is 2. The van der Waals surface area contributed by atoms with Crippen molar-refractivity contribution in [1.82, 2.24) is 43.8 Å². The van der Waals surface area contributed by atoms with Gasteiger partial charge in [-0.05, 0) is 49.6 Å². The van der Waals surface area contributed by atoms with E-state index in [0.29, 0.717) is 42.1 Å². The van der Waals surface area contributed by atoms with Gasteiger partial charge in [-0.3, -0.25) is 33.7 Å². The lowest BCUT2D eigenvalue weighted by Gasteiger charge is -2.49. The van der Waals surface area contributed by atoms with E-state index in [2.05, 4.69) is 39.9 Å². The molecule has 16 nitrogen and oxygen atoms in total. The van der Waals surface area contributed by atoms with Crippen LogP contribution in [0.1, 0.15) is 61.1 Å². The van der Waals surface area contributed by atoms with Gasteiger partial charge in [-0.25, -0.2) is 19.2 Å². The minimum atomic E-state index is -0.950. The summed E-state index contributed by atoms with van der Waals surface area (Å²) in [7, 11) is 5.13. The molecular formula is C39H45FN12O4. The maximum absolute atomic E-state index is 15.4. The Bertz CT molecular complexity index is 2420. The van der Waals surface area contributed by atoms with Crippen molar-refractivity contribution >= 4 is 62.9 Å². The summed E-state index contributed by atoms with van der Waals surface area (Å²) < 4.78 is 20.1. The second kappa shape index (κ2) is 14.0. The Morgan fingerprint density at radius 1 is 0.893 bits per heavy atom. The van der Waals surface area contributed by atoms with Gasteiger partial charge in [0.2, 0.25) is 17.8 Å². The largest absolute Gasteiger partial charge is 0.367 e. The zero-order valence-electron chi connectivity index (χ0n) is 31.7. The Kier molecular flexibility index (Phi) is 8.98. The molecule has 2 N–H and O–H groups in total. The van der Waals surface area contributed by atoms with Crippen molar-refractivity contribution in [3.63, 3.8) is 0 Å². The Morgan fingerprint density at radius 3 is 2.36 bits per heavy atom. The molecule has 0 unspecified atom stereocenters. The van der Waals surface area contributed by atoms with Gasteiger partial charge < -0.3 is 24.6 Å². The summed E-state index contributed by atoms with van der Waals surface area (Å²) >= 11 is 0. The predicted molar refractivity (Wildman–Crippen MR) is 209 cm³/mol. The van der Waals surface area contributed by atoms with Crippen LogP contribution in [0.3, 0.4) is 0 Å². The number of fused-ring (bicyclic) bond motifs is 2. The fraction of sp³-hybridized carbons (Fsp3) is 0.462. The van der Waals surface area contributed by atoms with Gasteiger partial charge in [0.25, 0.3) is 5.91 Å². The van der Waals surface area contributed by atoms with Gasteiger partial charge in [0, 0.05) is 90.5 Å². The average Bonchev–Trinajstić information content (AvgIpc) is 3.90. The SMILES string of the molecule is CN(C)C(=O)c1cc2cnc(Nc3ccc(N4CC(N5CCN(c6ccc(F)c7c6n(C)c(=O)n7[C@H]6CCC(=O)NC6=O)CC5)C4)cn3)nc2n1C1CCCC1. The van der Waals surface area contributed by atoms with Crippen LogP contribution in [0.25, 0.3) is 22.1 Å². The fourth-order valence-electron chi connectivity index (χ4n) is 8.91. The molecule has 4 fully saturated rings. The first-order valence-electron chi connectivity index (χ1n) is 19.4. The molecule has 4 aliphatic rings. The quantitative estimate of drug-likeness (QED) is 0.224. The van der Waals surface area contributed by atoms with Crippen LogP contribution in [0, 0.1) is 5.82 Å². The molecule has 0 bridgehead atoms. The van der Waals surface area contributed by atoms with E-state index < -0.39 is 29.4 Å². The zero-order valence-corrected chi connectivity index (χ0v) is 31.7. The van der Waals surface area contributed by atoms with Crippen molar-refractivity contribution < 1.29 is 18.8 Å². The first-order chi connectivity index (χ1) is 27.0. The van der Waals surface area contributed by atoms with Crippen LogP contribution in [0.2, 0.25) is 0 Å². The number of aromatic nitrogens is 6. The van der Waals surface area contributed by atoms with Crippen LogP contribution in [0.5, 0.6) is 0 Å². The summed E-state index contributed by atoms with van der Waals surface area (Å²) in [6.07, 6.45) is 8.17. The van der Waals surface area contributed by atoms with E-state index in [1.807, 2.05) is 24.4 Å². The van der Waals surface area contributed by atoms with Crippen LogP contribution in [0.4, 0.5) is 27.5 Å². The monoisotopic (exact) mass is 764 g/mol. The van der Waals surface area contributed by atoms with Crippen LogP contribution in [-0.2, 0) is 16.6 Å². The first kappa shape index (κ1) is 35.8. The maximum atomic E-state index is 15.4. The number of halogens is 1. The van der Waals surface area contributed by atoms with Gasteiger partial charge in [0.1, 0.15) is 34.5 Å². The zero-order chi connectivity index (χ0) is 38.8. The fourth-order valence-corrected chi connectivity index (χ4v) is 8.91. The maximum Gasteiger partial charge on any atom is 0.329 e. The molecule has 1 aromatic carbocycles. The number of carbonyl (C=O) groups excluding carboxylic acids is 3. The van der Waals surface area contributed by atoms with E-state index in [9.17, 15) is 19.2 Å². The summed E-state index contributed by atoms with van der Waals surface area (Å²) in [4.78, 5) is 73.5. The van der Waals surface area contributed by atoms with Gasteiger partial charge in [-0.15, -0.1) is 0 Å². The minimum absolute atomic E-state index is 0.0431. The number of nitrogens with one attached hydrogen (secondary N) is 2. The van der Waals surface area contributed by atoms with Crippen molar-refractivity contribution in [3.05, 3.63) is 64.7 Å². The molecule has 4 aromatic heterocycles. The van der Waals surface area contributed by atoms with Crippen LogP contribution >= 0.6 is 0 Å².